The van der Waals surface area contributed by atoms with Crippen molar-refractivity contribution in [3.05, 3.63) is 34.0 Å². The zero-order chi connectivity index (χ0) is 21.8. The Bertz CT molecular complexity index is 1020. The highest BCUT2D eigenvalue weighted by Gasteiger charge is 2.48. The minimum absolute atomic E-state index is 0.153. The summed E-state index contributed by atoms with van der Waals surface area (Å²) < 4.78 is 0. The first-order valence-electron chi connectivity index (χ1n) is 11.2. The third kappa shape index (κ3) is 4.73. The van der Waals surface area contributed by atoms with E-state index in [4.69, 9.17) is 5.73 Å². The lowest BCUT2D eigenvalue weighted by Crippen LogP contribution is -2.43. The number of nitrogens with zero attached hydrogens (tertiary/aromatic N) is 1. The molecule has 2 fully saturated rings. The number of guanidine groups is 1. The van der Waals surface area contributed by atoms with Gasteiger partial charge in [0.05, 0.1) is 9.75 Å². The second kappa shape index (κ2) is 9.58. The monoisotopic (exact) mass is 453 g/mol. The van der Waals surface area contributed by atoms with Crippen molar-refractivity contribution in [2.24, 2.45) is 28.0 Å². The molecule has 0 amide bonds. The van der Waals surface area contributed by atoms with Crippen LogP contribution in [-0.4, -0.2) is 25.3 Å². The number of thiophene rings is 2. The standard InChI is InChI=1S/C25H31N3OS2/c1-3-6-18-8-10-20(30-18)21-11-12-22(31-21)23(29)19-9-7-17(16-28-24(26)27-2)15-25(19)13-4-5-14-25/h8,10-12,17,19H,4-5,7,9,13-16H2,1-2H3,(H3,26,27,28). The third-order valence-electron chi connectivity index (χ3n) is 6.97. The van der Waals surface area contributed by atoms with E-state index < -0.39 is 0 Å². The minimum Gasteiger partial charge on any atom is -0.370 e. The zero-order valence-electron chi connectivity index (χ0n) is 18.4. The molecule has 164 valence electrons. The minimum atomic E-state index is 0.153. The van der Waals surface area contributed by atoms with Crippen molar-refractivity contribution in [1.29, 1.82) is 0 Å². The number of Topliss-reactive ketones (excluding diaryl/α,β-unsaturated/α-hetero) is 1. The van der Waals surface area contributed by atoms with E-state index in [1.54, 1.807) is 29.7 Å². The lowest BCUT2D eigenvalue weighted by molar-refractivity contribution is 0.0478. The molecule has 2 aliphatic rings. The van der Waals surface area contributed by atoms with Crippen LogP contribution in [0.4, 0.5) is 0 Å². The van der Waals surface area contributed by atoms with E-state index in [0.717, 1.165) is 35.6 Å². The molecule has 4 rings (SSSR count). The largest absolute Gasteiger partial charge is 0.370 e. The van der Waals surface area contributed by atoms with Crippen LogP contribution >= 0.6 is 22.7 Å². The Morgan fingerprint density at radius 1 is 1.19 bits per heavy atom. The van der Waals surface area contributed by atoms with Gasteiger partial charge in [-0.1, -0.05) is 18.8 Å². The fourth-order valence-electron chi connectivity index (χ4n) is 5.51. The van der Waals surface area contributed by atoms with Gasteiger partial charge in [-0.15, -0.1) is 28.6 Å². The first kappa shape index (κ1) is 22.1. The molecule has 0 bridgehead atoms. The molecular formula is C25H31N3OS2. The number of ketones is 1. The Morgan fingerprint density at radius 3 is 2.68 bits per heavy atom. The number of rotatable bonds is 5. The highest BCUT2D eigenvalue weighted by molar-refractivity contribution is 7.23. The van der Waals surface area contributed by atoms with Crippen molar-refractivity contribution in [2.75, 3.05) is 13.6 Å². The molecule has 2 aromatic heterocycles. The lowest BCUT2D eigenvalue weighted by atomic mass is 9.60. The third-order valence-corrected chi connectivity index (χ3v) is 9.27. The van der Waals surface area contributed by atoms with Crippen molar-refractivity contribution in [1.82, 2.24) is 5.32 Å². The van der Waals surface area contributed by atoms with Crippen molar-refractivity contribution in [3.8, 4) is 21.6 Å². The quantitative estimate of drug-likeness (QED) is 0.270. The van der Waals surface area contributed by atoms with Gasteiger partial charge < -0.3 is 11.1 Å². The number of aliphatic imine (C=N–C) groups is 1. The van der Waals surface area contributed by atoms with E-state index in [-0.39, 0.29) is 11.3 Å². The number of nitrogens with one attached hydrogen (secondary N) is 1. The van der Waals surface area contributed by atoms with Crippen molar-refractivity contribution in [2.45, 2.75) is 51.9 Å². The van der Waals surface area contributed by atoms with Crippen LogP contribution in [0.2, 0.25) is 0 Å². The molecule has 0 aliphatic heterocycles. The maximum absolute atomic E-state index is 13.7. The van der Waals surface area contributed by atoms with Crippen LogP contribution in [0, 0.1) is 29.1 Å². The van der Waals surface area contributed by atoms with Gasteiger partial charge in [-0.05, 0) is 74.6 Å². The Labute approximate surface area is 193 Å². The fraction of sp³-hybridized carbons (Fsp3) is 0.520. The highest BCUT2D eigenvalue weighted by Crippen LogP contribution is 2.55. The molecule has 0 radical (unpaired) electrons. The summed E-state index contributed by atoms with van der Waals surface area (Å²) in [7, 11) is 1.71. The van der Waals surface area contributed by atoms with Crippen LogP contribution in [0.1, 0.15) is 66.4 Å². The second-order valence-corrected chi connectivity index (χ2v) is 11.0. The molecule has 2 aliphatic carbocycles. The zero-order valence-corrected chi connectivity index (χ0v) is 20.0. The summed E-state index contributed by atoms with van der Waals surface area (Å²) in [5, 5.41) is 3.25. The van der Waals surface area contributed by atoms with Gasteiger partial charge in [-0.25, -0.2) is 0 Å². The van der Waals surface area contributed by atoms with Crippen LogP contribution in [0.25, 0.3) is 9.75 Å². The van der Waals surface area contributed by atoms with Crippen LogP contribution in [-0.2, 0) is 0 Å². The molecule has 2 aromatic rings. The summed E-state index contributed by atoms with van der Waals surface area (Å²) in [5.74, 6) is 7.66. The predicted molar refractivity (Wildman–Crippen MR) is 132 cm³/mol. The molecule has 0 aromatic carbocycles. The molecule has 2 atom stereocenters. The molecular weight excluding hydrogens is 422 g/mol. The molecule has 6 heteroatoms. The molecule has 1 spiro atoms. The normalized spacial score (nSPS) is 22.8. The average molecular weight is 454 g/mol. The second-order valence-electron chi connectivity index (χ2n) is 8.83. The molecule has 4 nitrogen and oxygen atoms in total. The van der Waals surface area contributed by atoms with Crippen molar-refractivity contribution in [3.63, 3.8) is 0 Å². The van der Waals surface area contributed by atoms with Crippen LogP contribution in [0.3, 0.4) is 0 Å². The maximum atomic E-state index is 13.7. The summed E-state index contributed by atoms with van der Waals surface area (Å²) in [6.45, 7) is 2.72. The van der Waals surface area contributed by atoms with Gasteiger partial charge in [-0.2, -0.15) is 0 Å². The number of hydrogen-bond donors (Lipinski definition) is 2. The lowest BCUT2D eigenvalue weighted by Gasteiger charge is -2.44. The summed E-state index contributed by atoms with van der Waals surface area (Å²) in [4.78, 5) is 22.0. The fourth-order valence-corrected chi connectivity index (χ4v) is 7.51. The van der Waals surface area contributed by atoms with Crippen LogP contribution in [0.15, 0.2) is 29.3 Å². The smallest absolute Gasteiger partial charge is 0.188 e. The summed E-state index contributed by atoms with van der Waals surface area (Å²) in [6, 6.07) is 8.33. The number of nitrogens with two attached hydrogens (primary N) is 1. The Morgan fingerprint density at radius 2 is 1.94 bits per heavy atom. The summed E-state index contributed by atoms with van der Waals surface area (Å²) in [5.41, 5.74) is 6.00. The van der Waals surface area contributed by atoms with Gasteiger partial charge in [-0.3, -0.25) is 9.79 Å². The number of carbonyl (C=O) groups excluding carboxylic acids is 1. The first-order chi connectivity index (χ1) is 15.0. The SMILES string of the molecule is CC#Cc1ccc(-c2ccc(C(=O)C3CCC(CNC(N)=NC)CC34CCCC4)s2)s1. The molecule has 0 saturated heterocycles. The van der Waals surface area contributed by atoms with E-state index >= 15 is 0 Å². The topological polar surface area (TPSA) is 67.5 Å². The van der Waals surface area contributed by atoms with Gasteiger partial charge in [0.25, 0.3) is 0 Å². The van der Waals surface area contributed by atoms with Crippen molar-refractivity contribution >= 4 is 34.4 Å². The maximum Gasteiger partial charge on any atom is 0.188 e. The number of carbonyl (C=O) groups is 1. The first-order valence-corrected chi connectivity index (χ1v) is 12.8. The van der Waals surface area contributed by atoms with Crippen LogP contribution in [0.5, 0.6) is 0 Å². The average Bonchev–Trinajstić information content (AvgIpc) is 3.53. The number of hydrogen-bond acceptors (Lipinski definition) is 4. The summed E-state index contributed by atoms with van der Waals surface area (Å²) in [6.07, 6.45) is 8.03. The van der Waals surface area contributed by atoms with Gasteiger partial charge in [0.15, 0.2) is 11.7 Å². The van der Waals surface area contributed by atoms with Gasteiger partial charge in [0, 0.05) is 29.3 Å². The van der Waals surface area contributed by atoms with E-state index in [1.807, 2.05) is 13.0 Å². The van der Waals surface area contributed by atoms with E-state index in [0.29, 0.717) is 17.7 Å². The Hall–Kier alpha value is -2.10. The van der Waals surface area contributed by atoms with E-state index in [9.17, 15) is 4.79 Å². The molecule has 3 N–H and O–H groups in total. The van der Waals surface area contributed by atoms with E-state index in [2.05, 4.69) is 40.3 Å². The van der Waals surface area contributed by atoms with E-state index in [1.165, 1.54) is 35.4 Å². The molecule has 31 heavy (non-hydrogen) atoms. The summed E-state index contributed by atoms with van der Waals surface area (Å²) >= 11 is 3.35. The van der Waals surface area contributed by atoms with Gasteiger partial charge >= 0.3 is 0 Å². The van der Waals surface area contributed by atoms with Crippen LogP contribution < -0.4 is 11.1 Å². The molecule has 2 unspecified atom stereocenters. The van der Waals surface area contributed by atoms with Crippen molar-refractivity contribution < 1.29 is 4.79 Å². The van der Waals surface area contributed by atoms with Gasteiger partial charge in [0.2, 0.25) is 0 Å². The Balaban J connectivity index is 1.50. The molecule has 2 heterocycles. The highest BCUT2D eigenvalue weighted by atomic mass is 32.1. The molecule has 2 saturated carbocycles. The van der Waals surface area contributed by atoms with Gasteiger partial charge in [0.1, 0.15) is 0 Å². The Kier molecular flexibility index (Phi) is 6.83. The predicted octanol–water partition coefficient (Wildman–Crippen LogP) is 5.54.